The Balaban J connectivity index is 2.55. The summed E-state index contributed by atoms with van der Waals surface area (Å²) in [6, 6.07) is 9.93. The summed E-state index contributed by atoms with van der Waals surface area (Å²) >= 11 is 0. The van der Waals surface area contributed by atoms with Crippen molar-refractivity contribution >= 4 is 11.6 Å². The van der Waals surface area contributed by atoms with Crippen LogP contribution in [0.3, 0.4) is 0 Å². The molecular formula is C17H28N2O. The first kappa shape index (κ1) is 16.7. The first-order valence-corrected chi connectivity index (χ1v) is 7.80. The number of carbonyl (C=O) groups excluding carboxylic acids is 1. The Morgan fingerprint density at radius 2 is 1.55 bits per heavy atom. The van der Waals surface area contributed by atoms with Crippen LogP contribution in [0.4, 0.5) is 5.69 Å². The van der Waals surface area contributed by atoms with Gasteiger partial charge in [0.15, 0.2) is 0 Å². The van der Waals surface area contributed by atoms with E-state index in [0.29, 0.717) is 6.42 Å². The standard InChI is InChI=1S/C17H28N2O/c1-4-13-18(14-5-2)15-12-17(20)19(6-3)16-10-8-7-9-11-16/h7-11H,4-6,12-15H2,1-3H3. The molecule has 0 bridgehead atoms. The van der Waals surface area contributed by atoms with Gasteiger partial charge in [0.1, 0.15) is 0 Å². The zero-order valence-corrected chi connectivity index (χ0v) is 13.1. The molecule has 0 aliphatic heterocycles. The summed E-state index contributed by atoms with van der Waals surface area (Å²) in [4.78, 5) is 16.6. The Morgan fingerprint density at radius 3 is 2.05 bits per heavy atom. The average molecular weight is 276 g/mol. The van der Waals surface area contributed by atoms with E-state index < -0.39 is 0 Å². The lowest BCUT2D eigenvalue weighted by Gasteiger charge is -2.24. The van der Waals surface area contributed by atoms with Crippen molar-refractivity contribution in [1.82, 2.24) is 4.90 Å². The van der Waals surface area contributed by atoms with Gasteiger partial charge in [-0.25, -0.2) is 0 Å². The van der Waals surface area contributed by atoms with Crippen LogP contribution in [0.1, 0.15) is 40.0 Å². The zero-order chi connectivity index (χ0) is 14.8. The van der Waals surface area contributed by atoms with Crippen molar-refractivity contribution in [2.24, 2.45) is 0 Å². The molecule has 0 N–H and O–H groups in total. The number of amides is 1. The van der Waals surface area contributed by atoms with Gasteiger partial charge in [0.2, 0.25) is 5.91 Å². The Kier molecular flexibility index (Phi) is 7.97. The summed E-state index contributed by atoms with van der Waals surface area (Å²) in [7, 11) is 0. The van der Waals surface area contributed by atoms with Crippen molar-refractivity contribution < 1.29 is 4.79 Å². The summed E-state index contributed by atoms with van der Waals surface area (Å²) in [5.74, 6) is 0.218. The van der Waals surface area contributed by atoms with Gasteiger partial charge in [0.25, 0.3) is 0 Å². The fraction of sp³-hybridized carbons (Fsp3) is 0.588. The van der Waals surface area contributed by atoms with E-state index in [9.17, 15) is 4.79 Å². The van der Waals surface area contributed by atoms with Crippen LogP contribution in [0, 0.1) is 0 Å². The van der Waals surface area contributed by atoms with Gasteiger partial charge in [-0.1, -0.05) is 32.0 Å². The molecule has 0 aliphatic rings. The average Bonchev–Trinajstić information content (AvgIpc) is 2.47. The fourth-order valence-corrected chi connectivity index (χ4v) is 2.47. The summed E-state index contributed by atoms with van der Waals surface area (Å²) < 4.78 is 0. The SMILES string of the molecule is CCCN(CCC)CCC(=O)N(CC)c1ccccc1. The van der Waals surface area contributed by atoms with Crippen molar-refractivity contribution in [1.29, 1.82) is 0 Å². The summed E-state index contributed by atoms with van der Waals surface area (Å²) in [6.45, 7) is 10.2. The number of carbonyl (C=O) groups is 1. The number of benzene rings is 1. The molecule has 0 unspecified atom stereocenters. The molecule has 0 spiro atoms. The maximum atomic E-state index is 12.4. The van der Waals surface area contributed by atoms with Crippen molar-refractivity contribution in [2.75, 3.05) is 31.1 Å². The van der Waals surface area contributed by atoms with Gasteiger partial charge in [-0.05, 0) is 45.0 Å². The minimum atomic E-state index is 0.218. The Bertz CT molecular complexity index is 372. The molecule has 1 amide bonds. The topological polar surface area (TPSA) is 23.6 Å². The van der Waals surface area contributed by atoms with Gasteiger partial charge in [0.05, 0.1) is 0 Å². The van der Waals surface area contributed by atoms with Crippen LogP contribution in [-0.2, 0) is 4.79 Å². The zero-order valence-electron chi connectivity index (χ0n) is 13.1. The smallest absolute Gasteiger partial charge is 0.228 e. The van der Waals surface area contributed by atoms with Crippen LogP contribution < -0.4 is 4.90 Å². The van der Waals surface area contributed by atoms with Crippen LogP contribution in [0.2, 0.25) is 0 Å². The van der Waals surface area contributed by atoms with E-state index in [1.165, 1.54) is 0 Å². The van der Waals surface area contributed by atoms with Gasteiger partial charge in [-0.2, -0.15) is 0 Å². The second kappa shape index (κ2) is 9.54. The Hall–Kier alpha value is -1.35. The van der Waals surface area contributed by atoms with E-state index in [1.807, 2.05) is 42.2 Å². The highest BCUT2D eigenvalue weighted by molar-refractivity contribution is 5.93. The molecule has 0 heterocycles. The van der Waals surface area contributed by atoms with Crippen LogP contribution in [0.5, 0.6) is 0 Å². The third-order valence-electron chi connectivity index (χ3n) is 3.41. The van der Waals surface area contributed by atoms with E-state index >= 15 is 0 Å². The van der Waals surface area contributed by atoms with E-state index in [1.54, 1.807) is 0 Å². The highest BCUT2D eigenvalue weighted by Gasteiger charge is 2.14. The maximum Gasteiger partial charge on any atom is 0.228 e. The Morgan fingerprint density at radius 1 is 0.950 bits per heavy atom. The number of anilines is 1. The minimum absolute atomic E-state index is 0.218. The molecule has 0 saturated heterocycles. The van der Waals surface area contributed by atoms with E-state index in [2.05, 4.69) is 18.7 Å². The third-order valence-corrected chi connectivity index (χ3v) is 3.41. The van der Waals surface area contributed by atoms with Gasteiger partial charge in [-0.15, -0.1) is 0 Å². The minimum Gasteiger partial charge on any atom is -0.313 e. The number of nitrogens with zero attached hydrogens (tertiary/aromatic N) is 2. The highest BCUT2D eigenvalue weighted by Crippen LogP contribution is 2.14. The van der Waals surface area contributed by atoms with Crippen molar-refractivity contribution in [2.45, 2.75) is 40.0 Å². The number of hydrogen-bond donors (Lipinski definition) is 0. The number of para-hydroxylation sites is 1. The quantitative estimate of drug-likeness (QED) is 0.688. The number of hydrogen-bond acceptors (Lipinski definition) is 2. The second-order valence-electron chi connectivity index (χ2n) is 5.07. The lowest BCUT2D eigenvalue weighted by Crippen LogP contribution is -2.35. The van der Waals surface area contributed by atoms with Crippen molar-refractivity contribution in [3.05, 3.63) is 30.3 Å². The molecule has 0 saturated carbocycles. The molecular weight excluding hydrogens is 248 g/mol. The molecule has 1 rings (SSSR count). The largest absolute Gasteiger partial charge is 0.313 e. The van der Waals surface area contributed by atoms with Crippen LogP contribution >= 0.6 is 0 Å². The molecule has 20 heavy (non-hydrogen) atoms. The summed E-state index contributed by atoms with van der Waals surface area (Å²) in [5, 5.41) is 0. The first-order valence-electron chi connectivity index (χ1n) is 7.80. The van der Waals surface area contributed by atoms with E-state index in [-0.39, 0.29) is 5.91 Å². The van der Waals surface area contributed by atoms with Crippen molar-refractivity contribution in [3.8, 4) is 0 Å². The van der Waals surface area contributed by atoms with Gasteiger partial charge in [0, 0.05) is 25.2 Å². The summed E-state index contributed by atoms with van der Waals surface area (Å²) in [6.07, 6.45) is 2.89. The molecule has 1 aromatic carbocycles. The molecule has 3 heteroatoms. The predicted molar refractivity (Wildman–Crippen MR) is 86.1 cm³/mol. The molecule has 0 atom stereocenters. The maximum absolute atomic E-state index is 12.4. The van der Waals surface area contributed by atoms with Gasteiger partial charge in [-0.3, -0.25) is 4.79 Å². The normalized spacial score (nSPS) is 10.8. The van der Waals surface area contributed by atoms with Gasteiger partial charge >= 0.3 is 0 Å². The molecule has 112 valence electrons. The molecule has 0 radical (unpaired) electrons. The van der Waals surface area contributed by atoms with Crippen LogP contribution in [0.25, 0.3) is 0 Å². The lowest BCUT2D eigenvalue weighted by atomic mass is 10.2. The molecule has 1 aromatic rings. The summed E-state index contributed by atoms with van der Waals surface area (Å²) in [5.41, 5.74) is 0.998. The van der Waals surface area contributed by atoms with Gasteiger partial charge < -0.3 is 9.80 Å². The van der Waals surface area contributed by atoms with Crippen molar-refractivity contribution in [3.63, 3.8) is 0 Å². The van der Waals surface area contributed by atoms with E-state index in [4.69, 9.17) is 0 Å². The molecule has 3 nitrogen and oxygen atoms in total. The lowest BCUT2D eigenvalue weighted by molar-refractivity contribution is -0.118. The number of rotatable bonds is 9. The monoisotopic (exact) mass is 276 g/mol. The first-order chi connectivity index (χ1) is 9.72. The molecule has 0 fully saturated rings. The fourth-order valence-electron chi connectivity index (χ4n) is 2.47. The third kappa shape index (κ3) is 5.33. The molecule has 0 aromatic heterocycles. The Labute approximate surface area is 123 Å². The highest BCUT2D eigenvalue weighted by atomic mass is 16.2. The van der Waals surface area contributed by atoms with Crippen LogP contribution in [0.15, 0.2) is 30.3 Å². The van der Waals surface area contributed by atoms with Crippen LogP contribution in [-0.4, -0.2) is 37.0 Å². The predicted octanol–water partition coefficient (Wildman–Crippen LogP) is 3.55. The second-order valence-corrected chi connectivity index (χ2v) is 5.07. The van der Waals surface area contributed by atoms with E-state index in [0.717, 1.165) is 44.7 Å². The molecule has 0 aliphatic carbocycles.